The number of nitrogens with one attached hydrogen (secondary N) is 2. The summed E-state index contributed by atoms with van der Waals surface area (Å²) >= 11 is 0. The maximum absolute atomic E-state index is 12.2. The molecule has 1 heterocycles. The summed E-state index contributed by atoms with van der Waals surface area (Å²) in [5, 5.41) is 9.60. The molecule has 0 fully saturated rings. The van der Waals surface area contributed by atoms with Gasteiger partial charge in [0.2, 0.25) is 5.91 Å². The molecule has 128 valence electrons. The van der Waals surface area contributed by atoms with Crippen LogP contribution < -0.4 is 10.6 Å². The van der Waals surface area contributed by atoms with Gasteiger partial charge >= 0.3 is 0 Å². The first-order chi connectivity index (χ1) is 11.9. The Morgan fingerprint density at radius 1 is 1.32 bits per heavy atom. The van der Waals surface area contributed by atoms with Gasteiger partial charge in [-0.25, -0.2) is 0 Å². The largest absolute Gasteiger partial charge is 0.341 e. The Balaban J connectivity index is 2.15. The number of terminal acetylenes is 1. The van der Waals surface area contributed by atoms with Crippen molar-refractivity contribution in [3.05, 3.63) is 52.9 Å². The molecule has 1 aromatic heterocycles. The fourth-order valence-corrected chi connectivity index (χ4v) is 2.38. The van der Waals surface area contributed by atoms with Crippen LogP contribution in [0.2, 0.25) is 0 Å². The van der Waals surface area contributed by atoms with Crippen LogP contribution >= 0.6 is 0 Å². The van der Waals surface area contributed by atoms with Crippen LogP contribution in [0.25, 0.3) is 6.08 Å². The number of carbonyl (C=O) groups is 2. The molecule has 0 radical (unpaired) electrons. The van der Waals surface area contributed by atoms with Crippen molar-refractivity contribution in [2.75, 3.05) is 11.9 Å². The molecular formula is C19H20N4O2. The Hall–Kier alpha value is -3.33. The maximum atomic E-state index is 12.2. The molecule has 0 saturated heterocycles. The first-order valence-electron chi connectivity index (χ1n) is 7.74. The van der Waals surface area contributed by atoms with Gasteiger partial charge in [0.1, 0.15) is 0 Å². The number of benzene rings is 1. The van der Waals surface area contributed by atoms with Crippen molar-refractivity contribution < 1.29 is 9.59 Å². The number of hydrogen-bond donors (Lipinski definition) is 2. The average molecular weight is 336 g/mol. The fourth-order valence-electron chi connectivity index (χ4n) is 2.38. The normalized spacial score (nSPS) is 10.5. The van der Waals surface area contributed by atoms with Gasteiger partial charge in [-0.2, -0.15) is 5.10 Å². The summed E-state index contributed by atoms with van der Waals surface area (Å²) in [6, 6.07) is 6.75. The lowest BCUT2D eigenvalue weighted by atomic mass is 10.1. The Morgan fingerprint density at radius 2 is 2.04 bits per heavy atom. The molecule has 6 heteroatoms. The zero-order chi connectivity index (χ0) is 18.4. The van der Waals surface area contributed by atoms with E-state index < -0.39 is 0 Å². The van der Waals surface area contributed by atoms with E-state index in [2.05, 4.69) is 21.7 Å². The van der Waals surface area contributed by atoms with Crippen LogP contribution in [0, 0.1) is 26.2 Å². The predicted octanol–water partition coefficient (Wildman–Crippen LogP) is 2.05. The molecule has 2 aromatic rings. The number of amides is 2. The third-order valence-electron chi connectivity index (χ3n) is 3.75. The quantitative estimate of drug-likeness (QED) is 0.648. The summed E-state index contributed by atoms with van der Waals surface area (Å²) in [6.45, 7) is 3.94. The Bertz CT molecular complexity index is 872. The maximum Gasteiger partial charge on any atom is 0.254 e. The van der Waals surface area contributed by atoms with Crippen molar-refractivity contribution in [1.29, 1.82) is 0 Å². The minimum Gasteiger partial charge on any atom is -0.341 e. The highest BCUT2D eigenvalue weighted by Gasteiger charge is 2.12. The summed E-state index contributed by atoms with van der Waals surface area (Å²) in [5.41, 5.74) is 3.49. The second-order valence-corrected chi connectivity index (χ2v) is 5.46. The van der Waals surface area contributed by atoms with E-state index in [1.807, 2.05) is 20.9 Å². The van der Waals surface area contributed by atoms with Gasteiger partial charge in [-0.3, -0.25) is 14.3 Å². The molecular weight excluding hydrogens is 316 g/mol. The van der Waals surface area contributed by atoms with Gasteiger partial charge in [-0.05, 0) is 32.1 Å². The third-order valence-corrected chi connectivity index (χ3v) is 3.75. The number of aromatic nitrogens is 2. The van der Waals surface area contributed by atoms with Gasteiger partial charge in [-0.15, -0.1) is 6.42 Å². The van der Waals surface area contributed by atoms with E-state index in [1.165, 1.54) is 6.08 Å². The fraction of sp³-hybridized carbons (Fsp3) is 0.211. The molecule has 0 aliphatic carbocycles. The van der Waals surface area contributed by atoms with Crippen LogP contribution in [0.5, 0.6) is 0 Å². The summed E-state index contributed by atoms with van der Waals surface area (Å²) in [7, 11) is 1.85. The highest BCUT2D eigenvalue weighted by atomic mass is 16.2. The number of para-hydroxylation sites is 1. The molecule has 0 spiro atoms. The van der Waals surface area contributed by atoms with E-state index in [0.29, 0.717) is 11.3 Å². The van der Waals surface area contributed by atoms with E-state index in [0.717, 1.165) is 17.0 Å². The van der Waals surface area contributed by atoms with Crippen LogP contribution in [0.3, 0.4) is 0 Å². The van der Waals surface area contributed by atoms with Crippen LogP contribution in [0.4, 0.5) is 5.69 Å². The highest BCUT2D eigenvalue weighted by Crippen LogP contribution is 2.16. The smallest absolute Gasteiger partial charge is 0.254 e. The molecule has 2 amide bonds. The molecule has 0 bridgehead atoms. The molecule has 2 rings (SSSR count). The number of carbonyl (C=O) groups excluding carboxylic acids is 2. The van der Waals surface area contributed by atoms with E-state index in [9.17, 15) is 9.59 Å². The topological polar surface area (TPSA) is 76.0 Å². The van der Waals surface area contributed by atoms with Gasteiger partial charge in [0.25, 0.3) is 5.91 Å². The molecule has 0 unspecified atom stereocenters. The van der Waals surface area contributed by atoms with Gasteiger partial charge in [-0.1, -0.05) is 18.1 Å². The summed E-state index contributed by atoms with van der Waals surface area (Å²) in [4.78, 5) is 24.3. The molecule has 0 saturated carbocycles. The van der Waals surface area contributed by atoms with E-state index in [-0.39, 0.29) is 18.4 Å². The first kappa shape index (κ1) is 18.0. The van der Waals surface area contributed by atoms with Gasteiger partial charge in [0.15, 0.2) is 0 Å². The number of anilines is 1. The van der Waals surface area contributed by atoms with E-state index >= 15 is 0 Å². The lowest BCUT2D eigenvalue weighted by molar-refractivity contribution is -0.111. The van der Waals surface area contributed by atoms with Crippen molar-refractivity contribution in [2.24, 2.45) is 7.05 Å². The lowest BCUT2D eigenvalue weighted by Gasteiger charge is -2.09. The van der Waals surface area contributed by atoms with Crippen molar-refractivity contribution in [1.82, 2.24) is 15.1 Å². The van der Waals surface area contributed by atoms with Gasteiger partial charge in [0.05, 0.1) is 23.5 Å². The Labute approximate surface area is 146 Å². The minimum absolute atomic E-state index is 0.126. The molecule has 2 N–H and O–H groups in total. The zero-order valence-corrected chi connectivity index (χ0v) is 14.5. The third kappa shape index (κ3) is 4.36. The minimum atomic E-state index is -0.336. The Kier molecular flexibility index (Phi) is 5.75. The van der Waals surface area contributed by atoms with Crippen LogP contribution in [0.15, 0.2) is 30.3 Å². The Morgan fingerprint density at radius 3 is 2.68 bits per heavy atom. The zero-order valence-electron chi connectivity index (χ0n) is 14.5. The first-order valence-corrected chi connectivity index (χ1v) is 7.74. The molecule has 1 aromatic carbocycles. The molecule has 6 nitrogen and oxygen atoms in total. The van der Waals surface area contributed by atoms with Crippen molar-refractivity contribution in [3.63, 3.8) is 0 Å². The lowest BCUT2D eigenvalue weighted by Crippen LogP contribution is -2.25. The molecule has 0 atom stereocenters. The monoisotopic (exact) mass is 336 g/mol. The van der Waals surface area contributed by atoms with E-state index in [1.54, 1.807) is 35.0 Å². The van der Waals surface area contributed by atoms with E-state index in [4.69, 9.17) is 6.42 Å². The highest BCUT2D eigenvalue weighted by molar-refractivity contribution is 6.07. The van der Waals surface area contributed by atoms with Crippen molar-refractivity contribution in [2.45, 2.75) is 13.8 Å². The molecule has 0 aliphatic rings. The number of rotatable bonds is 5. The SMILES string of the molecule is C#CCNC(=O)c1ccccc1NC(=O)/C=C/c1c(C)nn(C)c1C. The average Bonchev–Trinajstić information content (AvgIpc) is 2.83. The second kappa shape index (κ2) is 7.97. The molecule has 25 heavy (non-hydrogen) atoms. The molecule has 0 aliphatic heterocycles. The number of aryl methyl sites for hydroxylation is 2. The standard InChI is InChI=1S/C19H20N4O2/c1-5-12-20-19(25)16-8-6-7-9-17(16)21-18(24)11-10-15-13(2)22-23(4)14(15)3/h1,6-11H,12H2,2-4H3,(H,20,25)(H,21,24)/b11-10+. The second-order valence-electron chi connectivity index (χ2n) is 5.46. The van der Waals surface area contributed by atoms with Crippen LogP contribution in [-0.2, 0) is 11.8 Å². The summed E-state index contributed by atoms with van der Waals surface area (Å²) in [5.74, 6) is 1.67. The summed E-state index contributed by atoms with van der Waals surface area (Å²) in [6.07, 6.45) is 8.28. The van der Waals surface area contributed by atoms with Crippen molar-refractivity contribution >= 4 is 23.6 Å². The van der Waals surface area contributed by atoms with Crippen molar-refractivity contribution in [3.8, 4) is 12.3 Å². The van der Waals surface area contributed by atoms with Gasteiger partial charge < -0.3 is 10.6 Å². The summed E-state index contributed by atoms with van der Waals surface area (Å²) < 4.78 is 1.76. The van der Waals surface area contributed by atoms with Gasteiger partial charge in [0, 0.05) is 24.4 Å². The predicted molar refractivity (Wildman–Crippen MR) is 98.0 cm³/mol. The number of hydrogen-bond acceptors (Lipinski definition) is 3. The van der Waals surface area contributed by atoms with Crippen LogP contribution in [-0.4, -0.2) is 28.1 Å². The van der Waals surface area contributed by atoms with Crippen LogP contribution in [0.1, 0.15) is 27.3 Å². The number of nitrogens with zero attached hydrogens (tertiary/aromatic N) is 2.